The van der Waals surface area contributed by atoms with Gasteiger partial charge in [0, 0.05) is 11.4 Å². The molecule has 1 unspecified atom stereocenters. The molecule has 4 rings (SSSR count). The molecule has 1 aliphatic rings. The van der Waals surface area contributed by atoms with E-state index >= 15 is 0 Å². The van der Waals surface area contributed by atoms with Crippen molar-refractivity contribution in [2.45, 2.75) is 58.7 Å². The molecule has 3 heterocycles. The van der Waals surface area contributed by atoms with Crippen LogP contribution in [-0.2, 0) is 22.6 Å². The summed E-state index contributed by atoms with van der Waals surface area (Å²) in [6.07, 6.45) is 3.67. The molecule has 0 aliphatic carbocycles. The number of aromatic nitrogens is 2. The Morgan fingerprint density at radius 2 is 2.10 bits per heavy atom. The molecule has 1 N–H and O–H groups in total. The highest BCUT2D eigenvalue weighted by molar-refractivity contribution is 5.88. The maximum absolute atomic E-state index is 12.1. The first kappa shape index (κ1) is 21.3. The van der Waals surface area contributed by atoms with E-state index in [1.54, 1.807) is 0 Å². The Labute approximate surface area is 182 Å². The number of hydrogen-bond donors (Lipinski definition) is 1. The second-order valence-electron chi connectivity index (χ2n) is 8.00. The molecule has 1 atom stereocenters. The number of para-hydroxylation sites is 1. The molecule has 1 fully saturated rings. The Hall–Kier alpha value is -2.93. The highest BCUT2D eigenvalue weighted by Gasteiger charge is 2.26. The molecule has 7 nitrogen and oxygen atoms in total. The summed E-state index contributed by atoms with van der Waals surface area (Å²) >= 11 is 0. The number of nitrogens with zero attached hydrogens (tertiary/aromatic N) is 3. The highest BCUT2D eigenvalue weighted by atomic mass is 16.5. The Kier molecular flexibility index (Phi) is 6.82. The first-order valence-electron chi connectivity index (χ1n) is 11.1. The van der Waals surface area contributed by atoms with Crippen LogP contribution in [-0.4, -0.2) is 40.0 Å². The van der Waals surface area contributed by atoms with E-state index in [4.69, 9.17) is 19.1 Å². The number of aryl methyl sites for hydroxylation is 1. The zero-order valence-corrected chi connectivity index (χ0v) is 18.3. The number of fused-ring (bicyclic) bond motifs is 1. The van der Waals surface area contributed by atoms with Crippen molar-refractivity contribution in [3.8, 4) is 0 Å². The number of likely N-dealkylation sites (tertiary alicyclic amines) is 1. The summed E-state index contributed by atoms with van der Waals surface area (Å²) in [6, 6.07) is 12.1. The van der Waals surface area contributed by atoms with E-state index in [1.165, 1.54) is 0 Å². The van der Waals surface area contributed by atoms with Crippen LogP contribution in [0.4, 0.5) is 5.82 Å². The number of piperidine rings is 1. The SMILES string of the molecule is CCOC(=O)CC1CCCCN1Cc1nc(NCc2ccc(C)o2)c2ccccc2n1. The molecular weight excluding hydrogens is 392 g/mol. The number of hydrogen-bond acceptors (Lipinski definition) is 7. The van der Waals surface area contributed by atoms with Crippen molar-refractivity contribution in [2.75, 3.05) is 18.5 Å². The number of benzene rings is 1. The van der Waals surface area contributed by atoms with Crippen molar-refractivity contribution in [3.05, 3.63) is 53.7 Å². The van der Waals surface area contributed by atoms with Crippen molar-refractivity contribution in [2.24, 2.45) is 0 Å². The lowest BCUT2D eigenvalue weighted by molar-refractivity contribution is -0.145. The molecule has 1 saturated heterocycles. The molecular formula is C24H30N4O3. The minimum Gasteiger partial charge on any atom is -0.466 e. The van der Waals surface area contributed by atoms with Gasteiger partial charge in [0.25, 0.3) is 0 Å². The third kappa shape index (κ3) is 5.41. The second-order valence-corrected chi connectivity index (χ2v) is 8.00. The number of rotatable bonds is 8. The Balaban J connectivity index is 1.54. The zero-order valence-electron chi connectivity index (χ0n) is 18.3. The zero-order chi connectivity index (χ0) is 21.6. The third-order valence-electron chi connectivity index (χ3n) is 5.68. The van der Waals surface area contributed by atoms with Crippen LogP contribution in [0.2, 0.25) is 0 Å². The standard InChI is InChI=1S/C24H30N4O3/c1-3-30-23(29)14-18-8-6-7-13-28(18)16-22-26-21-10-5-4-9-20(21)24(27-22)25-15-19-12-11-17(2)31-19/h4-5,9-12,18H,3,6-8,13-16H2,1-2H3,(H,25,26,27). The molecule has 0 amide bonds. The lowest BCUT2D eigenvalue weighted by atomic mass is 9.99. The van der Waals surface area contributed by atoms with Gasteiger partial charge in [-0.05, 0) is 57.5 Å². The predicted molar refractivity (Wildman–Crippen MR) is 120 cm³/mol. The molecule has 7 heteroatoms. The van der Waals surface area contributed by atoms with Gasteiger partial charge in [-0.2, -0.15) is 0 Å². The van der Waals surface area contributed by atoms with Gasteiger partial charge in [0.2, 0.25) is 0 Å². The molecule has 0 spiro atoms. The van der Waals surface area contributed by atoms with Gasteiger partial charge in [-0.25, -0.2) is 9.97 Å². The molecule has 0 saturated carbocycles. The van der Waals surface area contributed by atoms with E-state index in [0.717, 1.165) is 59.9 Å². The Morgan fingerprint density at radius 3 is 2.90 bits per heavy atom. The van der Waals surface area contributed by atoms with Crippen molar-refractivity contribution < 1.29 is 13.9 Å². The number of anilines is 1. The molecule has 1 aromatic carbocycles. The Bertz CT molecular complexity index is 1030. The fourth-order valence-corrected chi connectivity index (χ4v) is 4.17. The lowest BCUT2D eigenvalue weighted by Crippen LogP contribution is -2.41. The van der Waals surface area contributed by atoms with Crippen molar-refractivity contribution >= 4 is 22.7 Å². The highest BCUT2D eigenvalue weighted by Crippen LogP contribution is 2.25. The number of carbonyl (C=O) groups excluding carboxylic acids is 1. The Morgan fingerprint density at radius 1 is 1.23 bits per heavy atom. The average molecular weight is 423 g/mol. The van der Waals surface area contributed by atoms with E-state index in [0.29, 0.717) is 26.1 Å². The topological polar surface area (TPSA) is 80.5 Å². The van der Waals surface area contributed by atoms with Crippen LogP contribution in [0.5, 0.6) is 0 Å². The molecule has 31 heavy (non-hydrogen) atoms. The van der Waals surface area contributed by atoms with Crippen LogP contribution < -0.4 is 5.32 Å². The van der Waals surface area contributed by atoms with Gasteiger partial charge in [0.05, 0.1) is 31.6 Å². The maximum Gasteiger partial charge on any atom is 0.307 e. The van der Waals surface area contributed by atoms with Crippen LogP contribution in [0, 0.1) is 6.92 Å². The van der Waals surface area contributed by atoms with E-state index in [2.05, 4.69) is 10.2 Å². The van der Waals surface area contributed by atoms with Crippen LogP contribution in [0.15, 0.2) is 40.8 Å². The number of furan rings is 1. The first-order chi connectivity index (χ1) is 15.1. The summed E-state index contributed by atoms with van der Waals surface area (Å²) in [7, 11) is 0. The van der Waals surface area contributed by atoms with Gasteiger partial charge in [-0.3, -0.25) is 9.69 Å². The van der Waals surface area contributed by atoms with E-state index in [1.807, 2.05) is 50.2 Å². The van der Waals surface area contributed by atoms with Gasteiger partial charge >= 0.3 is 5.97 Å². The fourth-order valence-electron chi connectivity index (χ4n) is 4.17. The van der Waals surface area contributed by atoms with Gasteiger partial charge in [-0.1, -0.05) is 18.6 Å². The van der Waals surface area contributed by atoms with E-state index in [9.17, 15) is 4.79 Å². The van der Waals surface area contributed by atoms with Crippen molar-refractivity contribution in [1.29, 1.82) is 0 Å². The van der Waals surface area contributed by atoms with E-state index < -0.39 is 0 Å². The van der Waals surface area contributed by atoms with Gasteiger partial charge in [0.1, 0.15) is 23.2 Å². The summed E-state index contributed by atoms with van der Waals surface area (Å²) in [5.74, 6) is 3.19. The van der Waals surface area contributed by atoms with Gasteiger partial charge in [0.15, 0.2) is 0 Å². The molecule has 0 radical (unpaired) electrons. The summed E-state index contributed by atoms with van der Waals surface area (Å²) < 4.78 is 10.9. The van der Waals surface area contributed by atoms with Crippen LogP contribution in [0.1, 0.15) is 50.0 Å². The predicted octanol–water partition coefficient (Wildman–Crippen LogP) is 4.45. The van der Waals surface area contributed by atoms with Gasteiger partial charge in [-0.15, -0.1) is 0 Å². The minimum atomic E-state index is -0.130. The van der Waals surface area contributed by atoms with Gasteiger partial charge < -0.3 is 14.5 Å². The summed E-state index contributed by atoms with van der Waals surface area (Å²) in [5, 5.41) is 4.40. The molecule has 164 valence electrons. The van der Waals surface area contributed by atoms with E-state index in [-0.39, 0.29) is 12.0 Å². The fraction of sp³-hybridized carbons (Fsp3) is 0.458. The van der Waals surface area contributed by atoms with Crippen LogP contribution in [0.25, 0.3) is 10.9 Å². The second kappa shape index (κ2) is 9.92. The number of carbonyl (C=O) groups is 1. The lowest BCUT2D eigenvalue weighted by Gasteiger charge is -2.34. The normalized spacial score (nSPS) is 17.0. The maximum atomic E-state index is 12.1. The summed E-state index contributed by atoms with van der Waals surface area (Å²) in [5.41, 5.74) is 0.907. The van der Waals surface area contributed by atoms with Crippen molar-refractivity contribution in [3.63, 3.8) is 0 Å². The number of esters is 1. The smallest absolute Gasteiger partial charge is 0.307 e. The molecule has 0 bridgehead atoms. The third-order valence-corrected chi connectivity index (χ3v) is 5.68. The van der Waals surface area contributed by atoms with Crippen LogP contribution >= 0.6 is 0 Å². The molecule has 1 aliphatic heterocycles. The monoisotopic (exact) mass is 422 g/mol. The first-order valence-corrected chi connectivity index (χ1v) is 11.1. The summed E-state index contributed by atoms with van der Waals surface area (Å²) in [6.45, 7) is 6.32. The number of nitrogens with one attached hydrogen (secondary N) is 1. The minimum absolute atomic E-state index is 0.130. The molecule has 2 aromatic heterocycles. The largest absolute Gasteiger partial charge is 0.466 e. The average Bonchev–Trinajstić information content (AvgIpc) is 3.19. The quantitative estimate of drug-likeness (QED) is 0.537. The summed E-state index contributed by atoms with van der Waals surface area (Å²) in [4.78, 5) is 24.0. The number of ether oxygens (including phenoxy) is 1. The molecule has 3 aromatic rings. The van der Waals surface area contributed by atoms with Crippen molar-refractivity contribution in [1.82, 2.24) is 14.9 Å². The van der Waals surface area contributed by atoms with Crippen LogP contribution in [0.3, 0.4) is 0 Å².